The minimum Gasteiger partial charge on any atom is -0.495 e. The first kappa shape index (κ1) is 40.6. The van der Waals surface area contributed by atoms with Crippen LogP contribution in [0.3, 0.4) is 0 Å². The maximum Gasteiger partial charge on any atom is 0.347 e. The first-order valence-corrected chi connectivity index (χ1v) is 16.7. The zero-order chi connectivity index (χ0) is 36.0. The van der Waals surface area contributed by atoms with Gasteiger partial charge in [0.25, 0.3) is 0 Å². The SMILES string of the molecule is COc1ccc(CCC(=O)NCC(C)(C)C(=O)O[C@@H](CC(C)C)C(=O)O[C@@H](C/C=C/C(N)=O)[C@H](C)[C@@H](O)[C@@H](Cl)c2ccccc2)cc1Cl. The minimum absolute atomic E-state index is 0.0299. The van der Waals surface area contributed by atoms with Crippen molar-refractivity contribution in [3.8, 4) is 5.75 Å². The number of alkyl halides is 1. The molecule has 12 heteroatoms. The van der Waals surface area contributed by atoms with Crippen molar-refractivity contribution < 1.29 is 38.5 Å². The normalized spacial score (nSPS) is 14.9. The van der Waals surface area contributed by atoms with E-state index in [-0.39, 0.29) is 37.6 Å². The van der Waals surface area contributed by atoms with E-state index in [0.717, 1.165) is 11.6 Å². The van der Waals surface area contributed by atoms with Crippen molar-refractivity contribution in [2.75, 3.05) is 13.7 Å². The summed E-state index contributed by atoms with van der Waals surface area (Å²) in [4.78, 5) is 50.9. The van der Waals surface area contributed by atoms with Crippen LogP contribution in [-0.2, 0) is 35.1 Å². The summed E-state index contributed by atoms with van der Waals surface area (Å²) in [6.45, 7) is 8.60. The van der Waals surface area contributed by atoms with Crippen LogP contribution >= 0.6 is 23.2 Å². The average molecular weight is 708 g/mol. The second-order valence-electron chi connectivity index (χ2n) is 12.8. The van der Waals surface area contributed by atoms with Gasteiger partial charge in [-0.2, -0.15) is 0 Å². The minimum atomic E-state index is -1.26. The number of carbonyl (C=O) groups is 4. The molecule has 0 unspecified atom stereocenters. The number of carbonyl (C=O) groups excluding carboxylic acids is 4. The molecule has 4 N–H and O–H groups in total. The zero-order valence-electron chi connectivity index (χ0n) is 28.4. The fourth-order valence-corrected chi connectivity index (χ4v) is 5.40. The lowest BCUT2D eigenvalue weighted by Crippen LogP contribution is -2.44. The number of aliphatic hydroxyl groups is 1. The molecule has 2 amide bonds. The molecule has 0 fully saturated rings. The van der Waals surface area contributed by atoms with Gasteiger partial charge in [0.2, 0.25) is 11.8 Å². The van der Waals surface area contributed by atoms with Crippen molar-refractivity contribution in [3.63, 3.8) is 0 Å². The third-order valence-electron chi connectivity index (χ3n) is 7.80. The second kappa shape index (κ2) is 19.4. The Balaban J connectivity index is 2.10. The Morgan fingerprint density at radius 1 is 1.04 bits per heavy atom. The van der Waals surface area contributed by atoms with Crippen LogP contribution in [0.1, 0.15) is 70.4 Å². The van der Waals surface area contributed by atoms with Crippen LogP contribution in [0.5, 0.6) is 5.75 Å². The number of ether oxygens (including phenoxy) is 3. The molecule has 0 saturated carbocycles. The molecule has 0 radical (unpaired) electrons. The molecule has 10 nitrogen and oxygen atoms in total. The number of esters is 2. The van der Waals surface area contributed by atoms with Gasteiger partial charge >= 0.3 is 11.9 Å². The molecule has 5 atom stereocenters. The van der Waals surface area contributed by atoms with Gasteiger partial charge in [-0.25, -0.2) is 4.79 Å². The number of aliphatic hydroxyl groups excluding tert-OH is 1. The van der Waals surface area contributed by atoms with Gasteiger partial charge in [0.15, 0.2) is 6.10 Å². The van der Waals surface area contributed by atoms with Crippen molar-refractivity contribution in [3.05, 3.63) is 76.8 Å². The Hall–Kier alpha value is -3.60. The summed E-state index contributed by atoms with van der Waals surface area (Å²) < 4.78 is 16.7. The molecule has 0 saturated heterocycles. The molecular weight excluding hydrogens is 659 g/mol. The zero-order valence-corrected chi connectivity index (χ0v) is 29.9. The topological polar surface area (TPSA) is 154 Å². The molecule has 48 heavy (non-hydrogen) atoms. The van der Waals surface area contributed by atoms with Crippen molar-refractivity contribution >= 4 is 47.0 Å². The molecule has 0 aliphatic carbocycles. The number of benzene rings is 2. The Labute approximate surface area is 293 Å². The van der Waals surface area contributed by atoms with Crippen molar-refractivity contribution in [1.82, 2.24) is 5.32 Å². The fraction of sp³-hybridized carbons (Fsp3) is 0.500. The van der Waals surface area contributed by atoms with Crippen molar-refractivity contribution in [2.24, 2.45) is 23.0 Å². The number of hydrogen-bond acceptors (Lipinski definition) is 8. The van der Waals surface area contributed by atoms with Gasteiger partial charge in [0, 0.05) is 25.3 Å². The predicted octanol–water partition coefficient (Wildman–Crippen LogP) is 5.70. The third kappa shape index (κ3) is 13.1. The van der Waals surface area contributed by atoms with Gasteiger partial charge in [0.05, 0.1) is 29.0 Å². The van der Waals surface area contributed by atoms with Crippen LogP contribution in [0.25, 0.3) is 0 Å². The van der Waals surface area contributed by atoms with E-state index in [1.54, 1.807) is 57.2 Å². The molecule has 2 rings (SSSR count). The van der Waals surface area contributed by atoms with E-state index in [0.29, 0.717) is 22.8 Å². The average Bonchev–Trinajstić information content (AvgIpc) is 3.04. The number of hydrogen-bond donors (Lipinski definition) is 3. The summed E-state index contributed by atoms with van der Waals surface area (Å²) in [5.74, 6) is -2.66. The number of nitrogens with one attached hydrogen (secondary N) is 1. The van der Waals surface area contributed by atoms with Crippen LogP contribution in [0.2, 0.25) is 5.02 Å². The number of nitrogens with two attached hydrogens (primary N) is 1. The van der Waals surface area contributed by atoms with E-state index in [4.69, 9.17) is 43.1 Å². The summed E-state index contributed by atoms with van der Waals surface area (Å²) in [7, 11) is 1.52. The van der Waals surface area contributed by atoms with Gasteiger partial charge in [-0.1, -0.05) is 74.8 Å². The van der Waals surface area contributed by atoms with Crippen LogP contribution < -0.4 is 15.8 Å². The predicted molar refractivity (Wildman–Crippen MR) is 185 cm³/mol. The first-order valence-electron chi connectivity index (χ1n) is 15.9. The first-order chi connectivity index (χ1) is 22.5. The Morgan fingerprint density at radius 3 is 2.29 bits per heavy atom. The Bertz CT molecular complexity index is 1400. The molecule has 2 aromatic rings. The smallest absolute Gasteiger partial charge is 0.347 e. The van der Waals surface area contributed by atoms with E-state index in [1.807, 2.05) is 26.0 Å². The highest BCUT2D eigenvalue weighted by molar-refractivity contribution is 6.32. The van der Waals surface area contributed by atoms with Crippen molar-refractivity contribution in [2.45, 2.75) is 84.0 Å². The molecule has 264 valence electrons. The van der Waals surface area contributed by atoms with E-state index in [2.05, 4.69) is 5.32 Å². The highest BCUT2D eigenvalue weighted by Gasteiger charge is 2.38. The molecule has 2 aromatic carbocycles. The maximum atomic E-state index is 13.5. The van der Waals surface area contributed by atoms with E-state index >= 15 is 0 Å². The Kier molecular flexibility index (Phi) is 16.4. The molecular formula is C36H48Cl2N2O8. The highest BCUT2D eigenvalue weighted by atomic mass is 35.5. The molecule has 0 bridgehead atoms. The van der Waals surface area contributed by atoms with Gasteiger partial charge < -0.3 is 30.4 Å². The summed E-state index contributed by atoms with van der Waals surface area (Å²) in [6.07, 6.45) is 0.0747. The van der Waals surface area contributed by atoms with Gasteiger partial charge in [-0.3, -0.25) is 14.4 Å². The number of rotatable bonds is 19. The standard InChI is InChI=1S/C36H48Cl2N2O8/c1-22(2)19-29(48-35(45)36(4,5)21-40-31(42)18-16-24-15-17-28(46-6)26(37)20-24)34(44)47-27(13-10-14-30(39)41)23(3)33(43)32(38)25-11-8-7-9-12-25/h7-12,14-15,17,20,22-23,27,29,32-33,43H,13,16,18-19,21H2,1-6H3,(H2,39,41)(H,40,42)/b14-10+/t23-,27-,29-,32-,33+/m0/s1. The van der Waals surface area contributed by atoms with E-state index in [9.17, 15) is 24.3 Å². The van der Waals surface area contributed by atoms with Crippen LogP contribution in [-0.4, -0.2) is 60.8 Å². The van der Waals surface area contributed by atoms with E-state index in [1.165, 1.54) is 13.2 Å². The second-order valence-corrected chi connectivity index (χ2v) is 13.7. The summed E-state index contributed by atoms with van der Waals surface area (Å²) >= 11 is 12.8. The molecule has 0 heterocycles. The van der Waals surface area contributed by atoms with Crippen LogP contribution in [0.4, 0.5) is 0 Å². The fourth-order valence-electron chi connectivity index (χ4n) is 4.75. The lowest BCUT2D eigenvalue weighted by atomic mass is 9.90. The van der Waals surface area contributed by atoms with Crippen LogP contribution in [0, 0.1) is 17.3 Å². The molecule has 0 aliphatic heterocycles. The largest absolute Gasteiger partial charge is 0.495 e. The lowest BCUT2D eigenvalue weighted by Gasteiger charge is -2.32. The number of halogens is 2. The maximum absolute atomic E-state index is 13.5. The number of aryl methyl sites for hydroxylation is 1. The quantitative estimate of drug-likeness (QED) is 0.0955. The number of primary amides is 1. The summed E-state index contributed by atoms with van der Waals surface area (Å²) in [5.41, 5.74) is 5.61. The van der Waals surface area contributed by atoms with Crippen LogP contribution in [0.15, 0.2) is 60.7 Å². The molecule has 0 spiro atoms. The monoisotopic (exact) mass is 706 g/mol. The summed E-state index contributed by atoms with van der Waals surface area (Å²) in [5, 5.41) is 13.5. The highest BCUT2D eigenvalue weighted by Crippen LogP contribution is 2.32. The van der Waals surface area contributed by atoms with Gasteiger partial charge in [0.1, 0.15) is 11.9 Å². The molecule has 0 aliphatic rings. The number of amides is 2. The summed E-state index contributed by atoms with van der Waals surface area (Å²) in [6, 6.07) is 14.3. The lowest BCUT2D eigenvalue weighted by molar-refractivity contribution is -0.180. The van der Waals surface area contributed by atoms with E-state index < -0.39 is 52.9 Å². The van der Waals surface area contributed by atoms with Gasteiger partial charge in [-0.15, -0.1) is 11.6 Å². The Morgan fingerprint density at radius 2 is 1.71 bits per heavy atom. The van der Waals surface area contributed by atoms with Gasteiger partial charge in [-0.05, 0) is 61.9 Å². The molecule has 0 aromatic heterocycles. The van der Waals surface area contributed by atoms with Crippen molar-refractivity contribution in [1.29, 1.82) is 0 Å². The third-order valence-corrected chi connectivity index (χ3v) is 8.60. The number of methoxy groups -OCH3 is 1.